The summed E-state index contributed by atoms with van der Waals surface area (Å²) in [6.07, 6.45) is 0. The standard InChI is InChI=1S/C13H17BrFNO2/c1-8(2)12(13(17)18-3)16-7-9-4-5-11(15)10(14)6-9/h4-6,8,12,16H,7H2,1-3H3. The summed E-state index contributed by atoms with van der Waals surface area (Å²) in [4.78, 5) is 11.5. The summed E-state index contributed by atoms with van der Waals surface area (Å²) in [5, 5.41) is 3.12. The van der Waals surface area contributed by atoms with Crippen LogP contribution in [0.25, 0.3) is 0 Å². The predicted octanol–water partition coefficient (Wildman–Crippen LogP) is 2.88. The fourth-order valence-corrected chi connectivity index (χ4v) is 2.02. The van der Waals surface area contributed by atoms with Crippen LogP contribution in [-0.4, -0.2) is 19.1 Å². The first-order valence-electron chi connectivity index (χ1n) is 5.70. The van der Waals surface area contributed by atoms with Crippen molar-refractivity contribution in [1.82, 2.24) is 5.32 Å². The molecule has 0 aromatic heterocycles. The van der Waals surface area contributed by atoms with E-state index in [-0.39, 0.29) is 23.7 Å². The van der Waals surface area contributed by atoms with Gasteiger partial charge in [-0.2, -0.15) is 0 Å². The Morgan fingerprint density at radius 1 is 1.50 bits per heavy atom. The van der Waals surface area contributed by atoms with Gasteiger partial charge < -0.3 is 10.1 Å². The van der Waals surface area contributed by atoms with Gasteiger partial charge in [-0.25, -0.2) is 4.39 Å². The summed E-state index contributed by atoms with van der Waals surface area (Å²) < 4.78 is 18.2. The molecule has 0 heterocycles. The van der Waals surface area contributed by atoms with Crippen LogP contribution >= 0.6 is 15.9 Å². The molecule has 1 aromatic carbocycles. The molecule has 1 atom stereocenters. The van der Waals surface area contributed by atoms with E-state index in [2.05, 4.69) is 21.2 Å². The lowest BCUT2D eigenvalue weighted by molar-refractivity contribution is -0.144. The molecule has 0 radical (unpaired) electrons. The van der Waals surface area contributed by atoms with Crippen LogP contribution in [0.4, 0.5) is 4.39 Å². The largest absolute Gasteiger partial charge is 0.468 e. The minimum absolute atomic E-state index is 0.126. The number of nitrogens with one attached hydrogen (secondary N) is 1. The lowest BCUT2D eigenvalue weighted by atomic mass is 10.0. The highest BCUT2D eigenvalue weighted by Crippen LogP contribution is 2.17. The van der Waals surface area contributed by atoms with E-state index in [4.69, 9.17) is 4.74 Å². The van der Waals surface area contributed by atoms with Crippen LogP contribution in [0.2, 0.25) is 0 Å². The molecule has 18 heavy (non-hydrogen) atoms. The molecule has 100 valence electrons. The fourth-order valence-electron chi connectivity index (χ4n) is 1.60. The molecule has 0 saturated heterocycles. The third-order valence-electron chi connectivity index (χ3n) is 2.63. The molecular weight excluding hydrogens is 301 g/mol. The average Bonchev–Trinajstić information content (AvgIpc) is 2.33. The van der Waals surface area contributed by atoms with Crippen molar-refractivity contribution in [3.8, 4) is 0 Å². The quantitative estimate of drug-likeness (QED) is 0.849. The Morgan fingerprint density at radius 3 is 2.67 bits per heavy atom. The predicted molar refractivity (Wildman–Crippen MR) is 71.6 cm³/mol. The van der Waals surface area contributed by atoms with Crippen molar-refractivity contribution in [1.29, 1.82) is 0 Å². The maximum Gasteiger partial charge on any atom is 0.323 e. The van der Waals surface area contributed by atoms with Crippen molar-refractivity contribution in [2.45, 2.75) is 26.4 Å². The molecule has 0 fully saturated rings. The van der Waals surface area contributed by atoms with Gasteiger partial charge in [-0.05, 0) is 39.5 Å². The Kier molecular flexibility index (Phi) is 5.75. The number of halogens is 2. The second-order valence-corrected chi connectivity index (χ2v) is 5.23. The van der Waals surface area contributed by atoms with E-state index in [9.17, 15) is 9.18 Å². The number of rotatable bonds is 5. The van der Waals surface area contributed by atoms with Gasteiger partial charge in [0.15, 0.2) is 0 Å². The van der Waals surface area contributed by atoms with E-state index in [1.165, 1.54) is 13.2 Å². The third kappa shape index (κ3) is 4.07. The number of hydrogen-bond donors (Lipinski definition) is 1. The van der Waals surface area contributed by atoms with Gasteiger partial charge in [-0.1, -0.05) is 19.9 Å². The Bertz CT molecular complexity index is 423. The number of hydrogen-bond acceptors (Lipinski definition) is 3. The lowest BCUT2D eigenvalue weighted by Crippen LogP contribution is -2.41. The van der Waals surface area contributed by atoms with Crippen molar-refractivity contribution in [2.24, 2.45) is 5.92 Å². The highest BCUT2D eigenvalue weighted by Gasteiger charge is 2.22. The van der Waals surface area contributed by atoms with E-state index in [1.54, 1.807) is 12.1 Å². The molecule has 0 saturated carbocycles. The highest BCUT2D eigenvalue weighted by atomic mass is 79.9. The monoisotopic (exact) mass is 317 g/mol. The molecule has 0 amide bonds. The van der Waals surface area contributed by atoms with E-state index in [1.807, 2.05) is 13.8 Å². The maximum atomic E-state index is 13.1. The van der Waals surface area contributed by atoms with Crippen LogP contribution < -0.4 is 5.32 Å². The van der Waals surface area contributed by atoms with Crippen LogP contribution in [0, 0.1) is 11.7 Å². The van der Waals surface area contributed by atoms with E-state index in [0.717, 1.165) is 5.56 Å². The van der Waals surface area contributed by atoms with Gasteiger partial charge in [-0.3, -0.25) is 4.79 Å². The highest BCUT2D eigenvalue weighted by molar-refractivity contribution is 9.10. The van der Waals surface area contributed by atoms with Crippen LogP contribution in [0.5, 0.6) is 0 Å². The number of benzene rings is 1. The summed E-state index contributed by atoms with van der Waals surface area (Å²) in [6, 6.07) is 4.40. The van der Waals surface area contributed by atoms with Crippen LogP contribution in [0.15, 0.2) is 22.7 Å². The summed E-state index contributed by atoms with van der Waals surface area (Å²) >= 11 is 3.13. The minimum atomic E-state index is -0.362. The zero-order valence-electron chi connectivity index (χ0n) is 10.7. The summed E-state index contributed by atoms with van der Waals surface area (Å²) in [6.45, 7) is 4.36. The molecule has 3 nitrogen and oxygen atoms in total. The Hall–Kier alpha value is -0.940. The van der Waals surface area contributed by atoms with Crippen molar-refractivity contribution < 1.29 is 13.9 Å². The molecule has 1 aromatic rings. The van der Waals surface area contributed by atoms with Crippen LogP contribution in [0.3, 0.4) is 0 Å². The SMILES string of the molecule is COC(=O)C(NCc1ccc(F)c(Br)c1)C(C)C. The Balaban J connectivity index is 2.67. The normalized spacial score (nSPS) is 12.6. The Morgan fingerprint density at radius 2 is 2.17 bits per heavy atom. The van der Waals surface area contributed by atoms with E-state index >= 15 is 0 Å². The second-order valence-electron chi connectivity index (χ2n) is 4.37. The smallest absolute Gasteiger partial charge is 0.323 e. The molecule has 5 heteroatoms. The molecule has 0 aliphatic heterocycles. The van der Waals surface area contributed by atoms with Crippen molar-refractivity contribution in [3.63, 3.8) is 0 Å². The van der Waals surface area contributed by atoms with Gasteiger partial charge >= 0.3 is 5.97 Å². The zero-order valence-corrected chi connectivity index (χ0v) is 12.3. The van der Waals surface area contributed by atoms with Crippen molar-refractivity contribution >= 4 is 21.9 Å². The molecular formula is C13H17BrFNO2. The molecule has 1 unspecified atom stereocenters. The maximum absolute atomic E-state index is 13.1. The third-order valence-corrected chi connectivity index (χ3v) is 3.24. The molecule has 0 aliphatic rings. The van der Waals surface area contributed by atoms with E-state index < -0.39 is 0 Å². The van der Waals surface area contributed by atoms with Gasteiger partial charge in [0.05, 0.1) is 11.6 Å². The number of methoxy groups -OCH3 is 1. The summed E-state index contributed by atoms with van der Waals surface area (Å²) in [5.41, 5.74) is 0.901. The van der Waals surface area contributed by atoms with Gasteiger partial charge in [0.1, 0.15) is 11.9 Å². The number of esters is 1. The first-order chi connectivity index (χ1) is 8.45. The molecule has 0 bridgehead atoms. The van der Waals surface area contributed by atoms with E-state index in [0.29, 0.717) is 11.0 Å². The topological polar surface area (TPSA) is 38.3 Å². The average molecular weight is 318 g/mol. The molecule has 0 spiro atoms. The first-order valence-corrected chi connectivity index (χ1v) is 6.50. The zero-order chi connectivity index (χ0) is 13.7. The molecule has 0 aliphatic carbocycles. The van der Waals surface area contributed by atoms with Crippen molar-refractivity contribution in [3.05, 3.63) is 34.1 Å². The lowest BCUT2D eigenvalue weighted by Gasteiger charge is -2.19. The fraction of sp³-hybridized carbons (Fsp3) is 0.462. The molecule has 1 N–H and O–H groups in total. The van der Waals surface area contributed by atoms with Crippen molar-refractivity contribution in [2.75, 3.05) is 7.11 Å². The number of carbonyl (C=O) groups excluding carboxylic acids is 1. The second kappa shape index (κ2) is 6.85. The van der Waals surface area contributed by atoms with Gasteiger partial charge in [-0.15, -0.1) is 0 Å². The summed E-state index contributed by atoms with van der Waals surface area (Å²) in [5.74, 6) is -0.459. The van der Waals surface area contributed by atoms with Gasteiger partial charge in [0, 0.05) is 6.54 Å². The van der Waals surface area contributed by atoms with Gasteiger partial charge in [0.25, 0.3) is 0 Å². The minimum Gasteiger partial charge on any atom is -0.468 e. The molecule has 1 rings (SSSR count). The van der Waals surface area contributed by atoms with Crippen LogP contribution in [-0.2, 0) is 16.1 Å². The number of carbonyl (C=O) groups is 1. The van der Waals surface area contributed by atoms with Crippen LogP contribution in [0.1, 0.15) is 19.4 Å². The first kappa shape index (κ1) is 15.1. The Labute approximate surface area is 115 Å². The van der Waals surface area contributed by atoms with Gasteiger partial charge in [0.2, 0.25) is 0 Å². The number of ether oxygens (including phenoxy) is 1. The summed E-state index contributed by atoms with van der Waals surface area (Å²) in [7, 11) is 1.37.